The maximum absolute atomic E-state index is 12.8. The molecule has 1 N–H and O–H groups in total. The number of hydrogen-bond donors (Lipinski definition) is 1. The Bertz CT molecular complexity index is 801. The molecule has 1 aromatic carbocycles. The lowest BCUT2D eigenvalue weighted by Gasteiger charge is -2.42. The van der Waals surface area contributed by atoms with E-state index in [1.165, 1.54) is 25.9 Å². The summed E-state index contributed by atoms with van der Waals surface area (Å²) in [5, 5.41) is 2.93. The summed E-state index contributed by atoms with van der Waals surface area (Å²) in [6, 6.07) is 7.47. The Labute approximate surface area is 204 Å². The lowest BCUT2D eigenvalue weighted by molar-refractivity contribution is -0.134. The lowest BCUT2D eigenvalue weighted by Crippen LogP contribution is -2.45. The van der Waals surface area contributed by atoms with Crippen molar-refractivity contribution in [2.75, 3.05) is 59.1 Å². The molecule has 0 aliphatic carbocycles. The van der Waals surface area contributed by atoms with Crippen LogP contribution in [0.25, 0.3) is 0 Å². The molecule has 1 aromatic rings. The maximum atomic E-state index is 12.8. The largest absolute Gasteiger partial charge is 0.492 e. The summed E-state index contributed by atoms with van der Waals surface area (Å²) in [5.74, 6) is 0.809. The van der Waals surface area contributed by atoms with E-state index in [2.05, 4.69) is 15.1 Å². The first-order valence-corrected chi connectivity index (χ1v) is 13.2. The standard InChI is InChI=1S/C27H41N3O4/c31-25(10-7-17-29-15-4-5-16-29)30-18-12-27(13-19-30)11-3-6-20-33-21-14-28-26(32)23-8-1-2-9-24(23)34-22-27/h1-2,8-9H,3-7,10-22H2,(H,28,32). The summed E-state index contributed by atoms with van der Waals surface area (Å²) in [5.41, 5.74) is 0.598. The highest BCUT2D eigenvalue weighted by Crippen LogP contribution is 2.38. The number of nitrogens with one attached hydrogen (secondary N) is 1. The number of likely N-dealkylation sites (tertiary alicyclic amines) is 2. The van der Waals surface area contributed by atoms with E-state index in [4.69, 9.17) is 9.47 Å². The Morgan fingerprint density at radius 2 is 1.76 bits per heavy atom. The van der Waals surface area contributed by atoms with E-state index in [1.54, 1.807) is 0 Å². The third kappa shape index (κ3) is 6.95. The third-order valence-corrected chi connectivity index (χ3v) is 7.68. The van der Waals surface area contributed by atoms with Gasteiger partial charge >= 0.3 is 0 Å². The Balaban J connectivity index is 1.34. The first-order valence-electron chi connectivity index (χ1n) is 13.2. The highest BCUT2D eigenvalue weighted by molar-refractivity contribution is 5.96. The molecule has 4 rings (SSSR count). The average Bonchev–Trinajstić information content (AvgIpc) is 3.38. The molecule has 0 bridgehead atoms. The molecule has 188 valence electrons. The Hall–Kier alpha value is -2.12. The minimum atomic E-state index is -0.125. The van der Waals surface area contributed by atoms with Gasteiger partial charge in [0.1, 0.15) is 5.75 Å². The Morgan fingerprint density at radius 1 is 0.971 bits per heavy atom. The minimum absolute atomic E-state index is 0.0278. The van der Waals surface area contributed by atoms with E-state index in [0.717, 1.165) is 58.2 Å². The molecule has 3 heterocycles. The van der Waals surface area contributed by atoms with E-state index >= 15 is 0 Å². The van der Waals surface area contributed by atoms with Gasteiger partial charge in [0, 0.05) is 38.1 Å². The molecule has 7 nitrogen and oxygen atoms in total. The van der Waals surface area contributed by atoms with E-state index < -0.39 is 0 Å². The zero-order valence-corrected chi connectivity index (χ0v) is 20.6. The number of carbonyl (C=O) groups excluding carboxylic acids is 2. The number of carbonyl (C=O) groups is 2. The second kappa shape index (κ2) is 12.5. The number of amides is 2. The van der Waals surface area contributed by atoms with Crippen LogP contribution in [-0.2, 0) is 9.53 Å². The SMILES string of the molecule is O=C1NCCOCCCCC2(CCN(C(=O)CCCN3CCCC3)CC2)COc2ccccc21. The molecule has 0 unspecified atom stereocenters. The van der Waals surface area contributed by atoms with Crippen LogP contribution in [0.1, 0.15) is 68.1 Å². The number of nitrogens with zero attached hydrogens (tertiary/aromatic N) is 2. The smallest absolute Gasteiger partial charge is 0.255 e. The molecule has 3 aliphatic rings. The van der Waals surface area contributed by atoms with Gasteiger partial charge in [-0.1, -0.05) is 18.6 Å². The second-order valence-corrected chi connectivity index (χ2v) is 10.1. The number of para-hydroxylation sites is 1. The van der Waals surface area contributed by atoms with Crippen LogP contribution in [0.2, 0.25) is 0 Å². The highest BCUT2D eigenvalue weighted by atomic mass is 16.5. The first-order chi connectivity index (χ1) is 16.7. The molecule has 0 aromatic heterocycles. The molecular weight excluding hydrogens is 430 g/mol. The maximum Gasteiger partial charge on any atom is 0.255 e. The minimum Gasteiger partial charge on any atom is -0.492 e. The normalized spacial score (nSPS) is 22.5. The molecule has 7 heteroatoms. The van der Waals surface area contributed by atoms with Crippen molar-refractivity contribution in [3.8, 4) is 5.75 Å². The molecule has 34 heavy (non-hydrogen) atoms. The third-order valence-electron chi connectivity index (χ3n) is 7.68. The number of benzene rings is 1. The van der Waals surface area contributed by atoms with Crippen LogP contribution >= 0.6 is 0 Å². The van der Waals surface area contributed by atoms with Crippen LogP contribution in [0.5, 0.6) is 5.75 Å². The van der Waals surface area contributed by atoms with E-state index in [-0.39, 0.29) is 11.3 Å². The van der Waals surface area contributed by atoms with Crippen molar-refractivity contribution < 1.29 is 19.1 Å². The number of ether oxygens (including phenoxy) is 2. The number of rotatable bonds is 4. The Kier molecular flexibility index (Phi) is 9.22. The van der Waals surface area contributed by atoms with Gasteiger partial charge in [0.2, 0.25) is 5.91 Å². The van der Waals surface area contributed by atoms with Crippen LogP contribution in [0, 0.1) is 5.41 Å². The van der Waals surface area contributed by atoms with Crippen molar-refractivity contribution >= 4 is 11.8 Å². The molecular formula is C27H41N3O4. The fourth-order valence-corrected chi connectivity index (χ4v) is 5.46. The lowest BCUT2D eigenvalue weighted by atomic mass is 9.75. The van der Waals surface area contributed by atoms with Gasteiger partial charge in [-0.3, -0.25) is 9.59 Å². The summed E-state index contributed by atoms with van der Waals surface area (Å²) >= 11 is 0. The van der Waals surface area contributed by atoms with Gasteiger partial charge in [-0.15, -0.1) is 0 Å². The number of hydrogen-bond acceptors (Lipinski definition) is 5. The first kappa shape index (κ1) is 25.0. The summed E-state index contributed by atoms with van der Waals surface area (Å²) in [4.78, 5) is 30.0. The van der Waals surface area contributed by atoms with Gasteiger partial charge in [0.05, 0.1) is 18.8 Å². The molecule has 2 saturated heterocycles. The summed E-state index contributed by atoms with van der Waals surface area (Å²) < 4.78 is 12.0. The molecule has 2 fully saturated rings. The quantitative estimate of drug-likeness (QED) is 0.728. The number of fused-ring (bicyclic) bond motifs is 1. The predicted octanol–water partition coefficient (Wildman–Crippen LogP) is 3.48. The zero-order valence-electron chi connectivity index (χ0n) is 20.6. The molecule has 0 radical (unpaired) electrons. The monoisotopic (exact) mass is 471 g/mol. The fourth-order valence-electron chi connectivity index (χ4n) is 5.46. The van der Waals surface area contributed by atoms with E-state index in [0.29, 0.717) is 50.0 Å². The molecule has 3 aliphatic heterocycles. The van der Waals surface area contributed by atoms with Gasteiger partial charge in [-0.2, -0.15) is 0 Å². The summed E-state index contributed by atoms with van der Waals surface area (Å²) in [7, 11) is 0. The van der Waals surface area contributed by atoms with Gasteiger partial charge in [-0.05, 0) is 76.7 Å². The summed E-state index contributed by atoms with van der Waals surface area (Å²) in [6.45, 7) is 7.34. The van der Waals surface area contributed by atoms with Crippen molar-refractivity contribution in [2.45, 2.75) is 57.8 Å². The predicted molar refractivity (Wildman–Crippen MR) is 132 cm³/mol. The Morgan fingerprint density at radius 3 is 2.59 bits per heavy atom. The van der Waals surface area contributed by atoms with Crippen LogP contribution in [0.4, 0.5) is 0 Å². The van der Waals surface area contributed by atoms with Gasteiger partial charge in [-0.25, -0.2) is 0 Å². The van der Waals surface area contributed by atoms with Crippen LogP contribution in [-0.4, -0.2) is 80.7 Å². The van der Waals surface area contributed by atoms with Crippen molar-refractivity contribution in [3.05, 3.63) is 29.8 Å². The van der Waals surface area contributed by atoms with Crippen LogP contribution < -0.4 is 10.1 Å². The van der Waals surface area contributed by atoms with Gasteiger partial charge in [0.15, 0.2) is 0 Å². The van der Waals surface area contributed by atoms with Crippen molar-refractivity contribution in [1.29, 1.82) is 0 Å². The molecule has 0 saturated carbocycles. The van der Waals surface area contributed by atoms with Crippen molar-refractivity contribution in [3.63, 3.8) is 0 Å². The van der Waals surface area contributed by atoms with Gasteiger partial charge in [0.25, 0.3) is 5.91 Å². The molecule has 0 atom stereocenters. The van der Waals surface area contributed by atoms with Crippen molar-refractivity contribution in [2.24, 2.45) is 5.41 Å². The highest BCUT2D eigenvalue weighted by Gasteiger charge is 2.36. The van der Waals surface area contributed by atoms with E-state index in [9.17, 15) is 9.59 Å². The second-order valence-electron chi connectivity index (χ2n) is 10.1. The van der Waals surface area contributed by atoms with Gasteiger partial charge < -0.3 is 24.6 Å². The van der Waals surface area contributed by atoms with Crippen LogP contribution in [0.15, 0.2) is 24.3 Å². The van der Waals surface area contributed by atoms with Crippen molar-refractivity contribution in [1.82, 2.24) is 15.1 Å². The van der Waals surface area contributed by atoms with Crippen LogP contribution in [0.3, 0.4) is 0 Å². The molecule has 2 amide bonds. The molecule has 1 spiro atoms. The fraction of sp³-hybridized carbons (Fsp3) is 0.704. The van der Waals surface area contributed by atoms with E-state index in [1.807, 2.05) is 24.3 Å². The zero-order chi connectivity index (χ0) is 23.6. The average molecular weight is 472 g/mol. The summed E-state index contributed by atoms with van der Waals surface area (Å²) in [6.07, 6.45) is 9.24. The topological polar surface area (TPSA) is 71.1 Å². The number of piperidine rings is 1.